The molecular formula is C10H17NO2. The number of nitrogens with zero attached hydrogens (tertiary/aromatic N) is 1. The Morgan fingerprint density at radius 2 is 2.15 bits per heavy atom. The molecular weight excluding hydrogens is 166 g/mol. The van der Waals surface area contributed by atoms with Gasteiger partial charge in [0.1, 0.15) is 12.3 Å². The van der Waals surface area contributed by atoms with Crippen LogP contribution in [0.1, 0.15) is 13.3 Å². The molecule has 0 saturated heterocycles. The van der Waals surface area contributed by atoms with E-state index in [0.717, 1.165) is 6.42 Å². The van der Waals surface area contributed by atoms with Gasteiger partial charge in [-0.15, -0.1) is 0 Å². The van der Waals surface area contributed by atoms with Crippen LogP contribution in [-0.2, 0) is 9.53 Å². The summed E-state index contributed by atoms with van der Waals surface area (Å²) < 4.78 is 4.90. The first kappa shape index (κ1) is 11.8. The highest BCUT2D eigenvalue weighted by atomic mass is 16.5. The quantitative estimate of drug-likeness (QED) is 0.368. The Bertz CT molecular complexity index is 207. The Hall–Kier alpha value is -1.25. The fourth-order valence-electron chi connectivity index (χ4n) is 0.850. The third-order valence-electron chi connectivity index (χ3n) is 1.42. The predicted octanol–water partition coefficient (Wildman–Crippen LogP) is 1.57. The smallest absolute Gasteiger partial charge is 0.354 e. The van der Waals surface area contributed by atoms with Crippen molar-refractivity contribution in [2.45, 2.75) is 13.3 Å². The van der Waals surface area contributed by atoms with E-state index in [1.165, 1.54) is 0 Å². The second-order valence-corrected chi connectivity index (χ2v) is 2.78. The summed E-state index contributed by atoms with van der Waals surface area (Å²) in [4.78, 5) is 13.1. The van der Waals surface area contributed by atoms with E-state index < -0.39 is 0 Å². The molecule has 0 fully saturated rings. The molecule has 0 radical (unpaired) electrons. The summed E-state index contributed by atoms with van der Waals surface area (Å²) in [6, 6.07) is 0. The molecule has 0 aromatic heterocycles. The zero-order valence-corrected chi connectivity index (χ0v) is 8.54. The maximum atomic E-state index is 11.4. The average molecular weight is 183 g/mol. The van der Waals surface area contributed by atoms with Crippen molar-refractivity contribution in [3.05, 3.63) is 24.4 Å². The summed E-state index contributed by atoms with van der Waals surface area (Å²) in [7, 11) is 3.63. The molecule has 3 heteroatoms. The van der Waals surface area contributed by atoms with Crippen molar-refractivity contribution >= 4 is 5.97 Å². The summed E-state index contributed by atoms with van der Waals surface area (Å²) in [5, 5.41) is 0. The number of carbonyl (C=O) groups excluding carboxylic acids is 1. The van der Waals surface area contributed by atoms with Crippen LogP contribution >= 0.6 is 0 Å². The van der Waals surface area contributed by atoms with Crippen molar-refractivity contribution in [1.82, 2.24) is 4.90 Å². The molecule has 0 N–H and O–H groups in total. The van der Waals surface area contributed by atoms with Gasteiger partial charge in [-0.3, -0.25) is 0 Å². The minimum Gasteiger partial charge on any atom is -0.457 e. The Morgan fingerprint density at radius 1 is 1.54 bits per heavy atom. The van der Waals surface area contributed by atoms with Crippen molar-refractivity contribution in [3.8, 4) is 0 Å². The van der Waals surface area contributed by atoms with Crippen LogP contribution < -0.4 is 0 Å². The molecule has 0 aliphatic carbocycles. The van der Waals surface area contributed by atoms with Gasteiger partial charge < -0.3 is 9.64 Å². The standard InChI is InChI=1S/C10H17NO2/c1-5-7-9(11(3)4)10(12)13-8-6-2/h6-7H,2,5,8H2,1,3-4H3/b9-7+. The van der Waals surface area contributed by atoms with Crippen LogP contribution in [-0.4, -0.2) is 31.6 Å². The summed E-state index contributed by atoms with van der Waals surface area (Å²) in [6.07, 6.45) is 4.21. The van der Waals surface area contributed by atoms with Crippen LogP contribution in [0.3, 0.4) is 0 Å². The number of carbonyl (C=O) groups is 1. The van der Waals surface area contributed by atoms with Gasteiger partial charge in [0.2, 0.25) is 0 Å². The zero-order valence-electron chi connectivity index (χ0n) is 8.54. The second kappa shape index (κ2) is 6.29. The first-order valence-corrected chi connectivity index (χ1v) is 4.29. The minimum atomic E-state index is -0.299. The van der Waals surface area contributed by atoms with Gasteiger partial charge in [0.05, 0.1) is 0 Å². The first-order chi connectivity index (χ1) is 6.13. The van der Waals surface area contributed by atoms with Gasteiger partial charge in [0.15, 0.2) is 0 Å². The Morgan fingerprint density at radius 3 is 2.54 bits per heavy atom. The Balaban J connectivity index is 4.29. The molecule has 74 valence electrons. The van der Waals surface area contributed by atoms with E-state index >= 15 is 0 Å². The zero-order chi connectivity index (χ0) is 10.3. The van der Waals surface area contributed by atoms with Crippen LogP contribution in [0.25, 0.3) is 0 Å². The fraction of sp³-hybridized carbons (Fsp3) is 0.500. The molecule has 0 saturated carbocycles. The van der Waals surface area contributed by atoms with Crippen molar-refractivity contribution in [1.29, 1.82) is 0 Å². The molecule has 13 heavy (non-hydrogen) atoms. The van der Waals surface area contributed by atoms with Gasteiger partial charge >= 0.3 is 5.97 Å². The normalized spacial score (nSPS) is 10.8. The van der Waals surface area contributed by atoms with Gasteiger partial charge in [-0.2, -0.15) is 0 Å². The number of ether oxygens (including phenoxy) is 1. The van der Waals surface area contributed by atoms with Crippen LogP contribution in [0.15, 0.2) is 24.4 Å². The van der Waals surface area contributed by atoms with Crippen LogP contribution in [0.2, 0.25) is 0 Å². The Kier molecular flexibility index (Phi) is 5.68. The lowest BCUT2D eigenvalue weighted by atomic mass is 10.3. The molecule has 0 aliphatic rings. The number of hydrogen-bond donors (Lipinski definition) is 0. The summed E-state index contributed by atoms with van der Waals surface area (Å²) in [5.74, 6) is -0.299. The highest BCUT2D eigenvalue weighted by Gasteiger charge is 2.11. The molecule has 0 heterocycles. The summed E-state index contributed by atoms with van der Waals surface area (Å²) in [6.45, 7) is 5.71. The second-order valence-electron chi connectivity index (χ2n) is 2.78. The maximum absolute atomic E-state index is 11.4. The predicted molar refractivity (Wildman–Crippen MR) is 53.2 cm³/mol. The highest BCUT2D eigenvalue weighted by molar-refractivity contribution is 5.87. The van der Waals surface area contributed by atoms with E-state index in [1.807, 2.05) is 27.1 Å². The lowest BCUT2D eigenvalue weighted by Gasteiger charge is -2.15. The van der Waals surface area contributed by atoms with Crippen molar-refractivity contribution < 1.29 is 9.53 Å². The van der Waals surface area contributed by atoms with E-state index in [1.54, 1.807) is 11.0 Å². The molecule has 0 spiro atoms. The average Bonchev–Trinajstić information content (AvgIpc) is 2.09. The maximum Gasteiger partial charge on any atom is 0.354 e. The van der Waals surface area contributed by atoms with E-state index in [-0.39, 0.29) is 12.6 Å². The van der Waals surface area contributed by atoms with Gasteiger partial charge in [0.25, 0.3) is 0 Å². The third-order valence-corrected chi connectivity index (χ3v) is 1.42. The molecule has 0 bridgehead atoms. The van der Waals surface area contributed by atoms with Gasteiger partial charge in [-0.05, 0) is 6.42 Å². The highest BCUT2D eigenvalue weighted by Crippen LogP contribution is 2.03. The fourth-order valence-corrected chi connectivity index (χ4v) is 0.850. The van der Waals surface area contributed by atoms with E-state index in [0.29, 0.717) is 5.70 Å². The van der Waals surface area contributed by atoms with Gasteiger partial charge in [-0.25, -0.2) is 4.79 Å². The summed E-state index contributed by atoms with van der Waals surface area (Å²) in [5.41, 5.74) is 0.587. The first-order valence-electron chi connectivity index (χ1n) is 4.29. The molecule has 0 aromatic rings. The molecule has 0 aromatic carbocycles. The third kappa shape index (κ3) is 4.35. The molecule has 0 atom stereocenters. The molecule has 0 aliphatic heterocycles. The van der Waals surface area contributed by atoms with Crippen LogP contribution in [0, 0.1) is 0 Å². The lowest BCUT2D eigenvalue weighted by molar-refractivity contribution is -0.139. The SMILES string of the molecule is C=CCOC(=O)/C(=C\CC)N(C)C. The van der Waals surface area contributed by atoms with Gasteiger partial charge in [-0.1, -0.05) is 25.7 Å². The van der Waals surface area contributed by atoms with Crippen LogP contribution in [0.4, 0.5) is 0 Å². The molecule has 3 nitrogen and oxygen atoms in total. The number of likely N-dealkylation sites (N-methyl/N-ethyl adjacent to an activating group) is 1. The van der Waals surface area contributed by atoms with E-state index in [4.69, 9.17) is 4.74 Å². The summed E-state index contributed by atoms with van der Waals surface area (Å²) >= 11 is 0. The van der Waals surface area contributed by atoms with E-state index in [2.05, 4.69) is 6.58 Å². The molecule has 0 amide bonds. The van der Waals surface area contributed by atoms with Crippen molar-refractivity contribution in [3.63, 3.8) is 0 Å². The number of allylic oxidation sites excluding steroid dienone is 1. The largest absolute Gasteiger partial charge is 0.457 e. The van der Waals surface area contributed by atoms with E-state index in [9.17, 15) is 4.79 Å². The Labute approximate surface area is 79.7 Å². The molecule has 0 unspecified atom stereocenters. The minimum absolute atomic E-state index is 0.258. The number of esters is 1. The molecule has 0 rings (SSSR count). The number of hydrogen-bond acceptors (Lipinski definition) is 3. The lowest BCUT2D eigenvalue weighted by Crippen LogP contribution is -2.21. The number of rotatable bonds is 5. The van der Waals surface area contributed by atoms with Crippen molar-refractivity contribution in [2.24, 2.45) is 0 Å². The van der Waals surface area contributed by atoms with Crippen molar-refractivity contribution in [2.75, 3.05) is 20.7 Å². The topological polar surface area (TPSA) is 29.5 Å². The van der Waals surface area contributed by atoms with Crippen LogP contribution in [0.5, 0.6) is 0 Å². The van der Waals surface area contributed by atoms with Gasteiger partial charge in [0, 0.05) is 14.1 Å². The monoisotopic (exact) mass is 183 g/mol.